The van der Waals surface area contributed by atoms with Crippen molar-refractivity contribution in [3.63, 3.8) is 0 Å². The van der Waals surface area contributed by atoms with E-state index in [0.29, 0.717) is 11.1 Å². The first kappa shape index (κ1) is 18.5. The van der Waals surface area contributed by atoms with Gasteiger partial charge >= 0.3 is 0 Å². The van der Waals surface area contributed by atoms with E-state index in [2.05, 4.69) is 52.1 Å². The molecule has 1 aliphatic rings. The number of nitrogens with one attached hydrogen (secondary N) is 1. The monoisotopic (exact) mass is 445 g/mol. The Labute approximate surface area is 179 Å². The van der Waals surface area contributed by atoms with Crippen LogP contribution in [0.15, 0.2) is 12.1 Å². The van der Waals surface area contributed by atoms with Gasteiger partial charge in [-0.2, -0.15) is 0 Å². The van der Waals surface area contributed by atoms with Gasteiger partial charge < -0.3 is 0 Å². The molecule has 0 saturated carbocycles. The number of carbonyl (C=O) groups excluding carboxylic acids is 2. The van der Waals surface area contributed by atoms with E-state index >= 15 is 0 Å². The van der Waals surface area contributed by atoms with E-state index in [1.54, 1.807) is 22.7 Å². The van der Waals surface area contributed by atoms with Crippen molar-refractivity contribution < 1.29 is 9.59 Å². The summed E-state index contributed by atoms with van der Waals surface area (Å²) in [5, 5.41) is 2.48. The third-order valence-corrected chi connectivity index (χ3v) is 10.8. The molecule has 4 aromatic rings. The molecular weight excluding hydrogens is 427 g/mol. The van der Waals surface area contributed by atoms with Gasteiger partial charge in [-0.25, -0.2) is 0 Å². The van der Waals surface area contributed by atoms with Crippen molar-refractivity contribution in [2.45, 2.75) is 46.0 Å². The Hall–Kier alpha value is -1.54. The average molecular weight is 446 g/mol. The first-order chi connectivity index (χ1) is 13.1. The summed E-state index contributed by atoms with van der Waals surface area (Å²) in [6.07, 6.45) is 0. The third-order valence-electron chi connectivity index (χ3n) is 4.93. The Morgan fingerprint density at radius 2 is 1.50 bits per heavy atom. The highest BCUT2D eigenvalue weighted by atomic mass is 32.1. The van der Waals surface area contributed by atoms with E-state index < -0.39 is 0 Å². The van der Waals surface area contributed by atoms with E-state index in [4.69, 9.17) is 0 Å². The van der Waals surface area contributed by atoms with Gasteiger partial charge in [-0.3, -0.25) is 14.9 Å². The van der Waals surface area contributed by atoms with Gasteiger partial charge in [-0.15, -0.1) is 45.3 Å². The Balaban J connectivity index is 1.71. The Kier molecular flexibility index (Phi) is 3.95. The number of rotatable bonds is 2. The normalized spacial score (nSPS) is 14.6. The second kappa shape index (κ2) is 5.98. The maximum atomic E-state index is 12.5. The zero-order chi connectivity index (χ0) is 20.0. The SMILES string of the molecule is CC(C)c1sc(-c2cc3sc4cc(C(C)(C)C)sc4c3s2)c2c1C(=O)NC2=O. The highest BCUT2D eigenvalue weighted by Gasteiger charge is 2.36. The molecule has 1 aliphatic heterocycles. The lowest BCUT2D eigenvalue weighted by atomic mass is 9.95. The van der Waals surface area contributed by atoms with Crippen LogP contribution in [0.25, 0.3) is 28.6 Å². The molecule has 5 rings (SSSR count). The fraction of sp³-hybridized carbons (Fsp3) is 0.333. The standard InChI is InChI=1S/C21H19NO2S4/c1-8(2)15-13-14(20(24)22-19(13)23)16(28-15)9-6-10-17(26-9)18-11(25-10)7-12(27-18)21(3,4)5/h6-8H,1-5H3,(H,22,23,24). The van der Waals surface area contributed by atoms with E-state index in [0.717, 1.165) is 14.6 Å². The van der Waals surface area contributed by atoms with Crippen LogP contribution in [-0.2, 0) is 5.41 Å². The first-order valence-corrected chi connectivity index (χ1v) is 12.4. The number of hydrogen-bond acceptors (Lipinski definition) is 6. The maximum absolute atomic E-state index is 12.5. The van der Waals surface area contributed by atoms with Crippen LogP contribution in [0.3, 0.4) is 0 Å². The summed E-state index contributed by atoms with van der Waals surface area (Å²) in [5.41, 5.74) is 1.31. The first-order valence-electron chi connectivity index (χ1n) is 9.14. The molecule has 0 spiro atoms. The van der Waals surface area contributed by atoms with Crippen molar-refractivity contribution in [3.8, 4) is 9.75 Å². The molecule has 0 fully saturated rings. The zero-order valence-corrected chi connectivity index (χ0v) is 19.4. The second-order valence-corrected chi connectivity index (χ2v) is 12.7. The van der Waals surface area contributed by atoms with Gasteiger partial charge in [0.25, 0.3) is 11.8 Å². The molecule has 0 unspecified atom stereocenters. The summed E-state index contributed by atoms with van der Waals surface area (Å²) in [5.74, 6) is -0.296. The lowest BCUT2D eigenvalue weighted by Crippen LogP contribution is -2.21. The maximum Gasteiger partial charge on any atom is 0.260 e. The van der Waals surface area contributed by atoms with Crippen molar-refractivity contribution in [1.29, 1.82) is 0 Å². The molecule has 0 bridgehead atoms. The average Bonchev–Trinajstić information content (AvgIpc) is 3.32. The molecule has 28 heavy (non-hydrogen) atoms. The molecule has 4 aromatic heterocycles. The van der Waals surface area contributed by atoms with Crippen LogP contribution in [-0.4, -0.2) is 11.8 Å². The molecule has 5 heterocycles. The highest BCUT2D eigenvalue weighted by Crippen LogP contribution is 2.51. The second-order valence-electron chi connectivity index (χ2n) is 8.44. The van der Waals surface area contributed by atoms with E-state index in [1.807, 2.05) is 22.7 Å². The smallest absolute Gasteiger partial charge is 0.260 e. The minimum absolute atomic E-state index is 0.148. The van der Waals surface area contributed by atoms with Gasteiger partial charge in [0, 0.05) is 24.0 Å². The largest absolute Gasteiger partial charge is 0.288 e. The van der Waals surface area contributed by atoms with E-state index in [9.17, 15) is 9.59 Å². The summed E-state index contributed by atoms with van der Waals surface area (Å²) in [6.45, 7) is 10.9. The van der Waals surface area contributed by atoms with E-state index in [1.165, 1.54) is 23.7 Å². The Bertz CT molecular complexity index is 1290. The van der Waals surface area contributed by atoms with Crippen molar-refractivity contribution in [3.05, 3.63) is 33.0 Å². The van der Waals surface area contributed by atoms with Crippen molar-refractivity contribution in [1.82, 2.24) is 5.32 Å². The number of hydrogen-bond donors (Lipinski definition) is 1. The van der Waals surface area contributed by atoms with E-state index in [-0.39, 0.29) is 23.1 Å². The van der Waals surface area contributed by atoms with Crippen LogP contribution >= 0.6 is 45.3 Å². The lowest BCUT2D eigenvalue weighted by Gasteiger charge is -2.14. The van der Waals surface area contributed by atoms with Crippen LogP contribution in [0.2, 0.25) is 0 Å². The summed E-state index contributed by atoms with van der Waals surface area (Å²) in [6, 6.07) is 4.52. The molecule has 0 radical (unpaired) electrons. The van der Waals surface area contributed by atoms with Crippen LogP contribution in [0.5, 0.6) is 0 Å². The molecule has 1 N–H and O–H groups in total. The number of thiophene rings is 4. The molecule has 0 atom stereocenters. The summed E-state index contributed by atoms with van der Waals surface area (Å²) in [4.78, 5) is 29.2. The van der Waals surface area contributed by atoms with Gasteiger partial charge in [0.15, 0.2) is 0 Å². The Morgan fingerprint density at radius 1 is 0.857 bits per heavy atom. The summed E-state index contributed by atoms with van der Waals surface area (Å²) in [7, 11) is 0. The number of imide groups is 1. The lowest BCUT2D eigenvalue weighted by molar-refractivity contribution is 0.0879. The summed E-state index contributed by atoms with van der Waals surface area (Å²) >= 11 is 7.04. The molecule has 0 aromatic carbocycles. The van der Waals surface area contributed by atoms with Crippen molar-refractivity contribution >= 4 is 76.0 Å². The predicted molar refractivity (Wildman–Crippen MR) is 123 cm³/mol. The van der Waals surface area contributed by atoms with Crippen molar-refractivity contribution in [2.75, 3.05) is 0 Å². The molecule has 2 amide bonds. The molecular formula is C21H19NO2S4. The van der Waals surface area contributed by atoms with Crippen LogP contribution in [0, 0.1) is 0 Å². The zero-order valence-electron chi connectivity index (χ0n) is 16.2. The quantitative estimate of drug-likeness (QED) is 0.331. The van der Waals surface area contributed by atoms with Gasteiger partial charge in [-0.1, -0.05) is 34.6 Å². The minimum atomic E-state index is -0.258. The molecule has 3 nitrogen and oxygen atoms in total. The molecule has 144 valence electrons. The summed E-state index contributed by atoms with van der Waals surface area (Å²) < 4.78 is 5.25. The number of fused-ring (bicyclic) bond motifs is 4. The molecule has 7 heteroatoms. The van der Waals surface area contributed by atoms with Crippen molar-refractivity contribution in [2.24, 2.45) is 0 Å². The molecule has 0 aliphatic carbocycles. The minimum Gasteiger partial charge on any atom is -0.288 e. The number of carbonyl (C=O) groups is 2. The van der Waals surface area contributed by atoms with Gasteiger partial charge in [-0.05, 0) is 23.5 Å². The van der Waals surface area contributed by atoms with Gasteiger partial charge in [0.2, 0.25) is 0 Å². The fourth-order valence-corrected chi connectivity index (χ4v) is 9.00. The van der Waals surface area contributed by atoms with Crippen LogP contribution in [0.1, 0.15) is 71.0 Å². The fourth-order valence-electron chi connectivity index (χ4n) is 3.52. The third kappa shape index (κ3) is 2.56. The topological polar surface area (TPSA) is 46.2 Å². The number of amides is 2. The van der Waals surface area contributed by atoms with Gasteiger partial charge in [0.05, 0.1) is 25.4 Å². The van der Waals surface area contributed by atoms with Crippen LogP contribution < -0.4 is 5.32 Å². The Morgan fingerprint density at radius 3 is 2.18 bits per heavy atom. The van der Waals surface area contributed by atoms with Gasteiger partial charge in [0.1, 0.15) is 0 Å². The molecule has 0 saturated heterocycles. The highest BCUT2D eigenvalue weighted by molar-refractivity contribution is 7.40. The van der Waals surface area contributed by atoms with Crippen LogP contribution in [0.4, 0.5) is 0 Å². The predicted octanol–water partition coefficient (Wildman–Crippen LogP) is 7.21.